The van der Waals surface area contributed by atoms with E-state index in [-0.39, 0.29) is 25.7 Å². The second kappa shape index (κ2) is 7.67. The van der Waals surface area contributed by atoms with Gasteiger partial charge in [0.05, 0.1) is 11.8 Å². The minimum atomic E-state index is -1.19. The number of para-hydroxylation sites is 1. The van der Waals surface area contributed by atoms with Crippen LogP contribution in [-0.4, -0.2) is 39.1 Å². The Morgan fingerprint density at radius 1 is 1.00 bits per heavy atom. The first-order valence-electron chi connectivity index (χ1n) is 9.75. The van der Waals surface area contributed by atoms with Gasteiger partial charge in [0.1, 0.15) is 6.04 Å². The van der Waals surface area contributed by atoms with Crippen LogP contribution in [0.5, 0.6) is 0 Å². The Bertz CT molecular complexity index is 1110. The van der Waals surface area contributed by atoms with Crippen LogP contribution >= 0.6 is 0 Å². The summed E-state index contributed by atoms with van der Waals surface area (Å²) in [6.07, 6.45) is 2.04. The summed E-state index contributed by atoms with van der Waals surface area (Å²) >= 11 is 0. The van der Waals surface area contributed by atoms with Gasteiger partial charge in [0.25, 0.3) is 0 Å². The highest BCUT2D eigenvalue weighted by molar-refractivity contribution is 5.92. The molecule has 0 saturated carbocycles. The Balaban J connectivity index is 1.58. The molecule has 4 rings (SSSR count). The molecule has 3 aromatic rings. The number of H-pyrrole nitrogens is 1. The first-order valence-corrected chi connectivity index (χ1v) is 9.75. The van der Waals surface area contributed by atoms with Gasteiger partial charge >= 0.3 is 11.9 Å². The molecule has 1 atom stereocenters. The summed E-state index contributed by atoms with van der Waals surface area (Å²) in [4.78, 5) is 39.8. The predicted molar refractivity (Wildman–Crippen MR) is 110 cm³/mol. The van der Waals surface area contributed by atoms with Gasteiger partial charge in [0.15, 0.2) is 0 Å². The van der Waals surface area contributed by atoms with Gasteiger partial charge in [-0.1, -0.05) is 42.5 Å². The molecule has 1 heterocycles. The molecule has 7 heteroatoms. The zero-order chi connectivity index (χ0) is 21.3. The van der Waals surface area contributed by atoms with E-state index in [1.807, 2.05) is 48.5 Å². The summed E-state index contributed by atoms with van der Waals surface area (Å²) in [7, 11) is 0. The molecule has 0 aliphatic heterocycles. The number of rotatable bonds is 7. The fraction of sp³-hybridized carbons (Fsp3) is 0.261. The number of fused-ring (bicyclic) bond motifs is 2. The third kappa shape index (κ3) is 3.66. The van der Waals surface area contributed by atoms with Crippen LogP contribution in [-0.2, 0) is 33.6 Å². The van der Waals surface area contributed by atoms with Gasteiger partial charge in [0.2, 0.25) is 5.91 Å². The lowest BCUT2D eigenvalue weighted by molar-refractivity contribution is -0.147. The fourth-order valence-corrected chi connectivity index (χ4v) is 4.38. The average Bonchev–Trinajstić information content (AvgIpc) is 3.28. The van der Waals surface area contributed by atoms with Crippen LogP contribution in [0.4, 0.5) is 0 Å². The van der Waals surface area contributed by atoms with Gasteiger partial charge in [0, 0.05) is 23.5 Å². The van der Waals surface area contributed by atoms with Crippen molar-refractivity contribution in [2.45, 2.75) is 31.7 Å². The quantitative estimate of drug-likeness (QED) is 0.481. The summed E-state index contributed by atoms with van der Waals surface area (Å²) in [5.41, 5.74) is 2.33. The molecular weight excluding hydrogens is 384 g/mol. The number of aromatic nitrogens is 1. The maximum Gasteiger partial charge on any atom is 0.326 e. The van der Waals surface area contributed by atoms with E-state index in [0.29, 0.717) is 0 Å². The number of aliphatic carboxylic acids is 2. The van der Waals surface area contributed by atoms with Gasteiger partial charge < -0.3 is 20.5 Å². The van der Waals surface area contributed by atoms with Crippen molar-refractivity contribution in [1.29, 1.82) is 0 Å². The number of carbonyl (C=O) groups is 3. The molecule has 1 aliphatic carbocycles. The Hall–Kier alpha value is -3.61. The van der Waals surface area contributed by atoms with Crippen LogP contribution in [0.1, 0.15) is 23.1 Å². The molecule has 0 saturated heterocycles. The van der Waals surface area contributed by atoms with Crippen LogP contribution < -0.4 is 5.32 Å². The van der Waals surface area contributed by atoms with Crippen molar-refractivity contribution >= 4 is 28.7 Å². The van der Waals surface area contributed by atoms with Crippen molar-refractivity contribution in [1.82, 2.24) is 10.3 Å². The van der Waals surface area contributed by atoms with Crippen molar-refractivity contribution in [3.05, 3.63) is 71.4 Å². The second-order valence-corrected chi connectivity index (χ2v) is 7.90. The first kappa shape index (κ1) is 19.7. The van der Waals surface area contributed by atoms with Crippen molar-refractivity contribution in [3.63, 3.8) is 0 Å². The maximum atomic E-state index is 13.2. The fourth-order valence-electron chi connectivity index (χ4n) is 4.38. The lowest BCUT2D eigenvalue weighted by Gasteiger charge is -2.28. The number of amides is 1. The summed E-state index contributed by atoms with van der Waals surface area (Å²) < 4.78 is 0. The Morgan fingerprint density at radius 3 is 2.27 bits per heavy atom. The highest BCUT2D eigenvalue weighted by atomic mass is 16.4. The van der Waals surface area contributed by atoms with E-state index in [9.17, 15) is 24.6 Å². The molecule has 4 N–H and O–H groups in total. The predicted octanol–water partition coefficient (Wildman–Crippen LogP) is 2.54. The molecule has 7 nitrogen and oxygen atoms in total. The lowest BCUT2D eigenvalue weighted by Crippen LogP contribution is -2.50. The summed E-state index contributed by atoms with van der Waals surface area (Å²) in [5, 5.41) is 22.7. The molecule has 30 heavy (non-hydrogen) atoms. The summed E-state index contributed by atoms with van der Waals surface area (Å²) in [6, 6.07) is 13.8. The standard InChI is InChI=1S/C23H22N2O5/c26-20(27)12-23(10-14-5-1-2-6-15(14)11-23)22(30)25-19(21(28)29)9-16-13-24-18-8-4-3-7-17(16)18/h1-8,13,19,24H,9-12H2,(H,25,30)(H,26,27)(H,28,29)/t19-/m0/s1. The molecule has 1 aliphatic rings. The molecule has 0 fully saturated rings. The number of carbonyl (C=O) groups excluding carboxylic acids is 1. The molecule has 0 unspecified atom stereocenters. The van der Waals surface area contributed by atoms with Crippen LogP contribution in [0.3, 0.4) is 0 Å². The van der Waals surface area contributed by atoms with Gasteiger partial charge in [-0.15, -0.1) is 0 Å². The largest absolute Gasteiger partial charge is 0.481 e. The van der Waals surface area contributed by atoms with E-state index in [1.165, 1.54) is 0 Å². The van der Waals surface area contributed by atoms with Gasteiger partial charge in [-0.25, -0.2) is 4.79 Å². The van der Waals surface area contributed by atoms with E-state index in [4.69, 9.17) is 0 Å². The van der Waals surface area contributed by atoms with Crippen molar-refractivity contribution in [3.8, 4) is 0 Å². The Morgan fingerprint density at radius 2 is 1.63 bits per heavy atom. The summed E-state index contributed by atoms with van der Waals surface area (Å²) in [5.74, 6) is -2.77. The van der Waals surface area contributed by atoms with Crippen LogP contribution in [0.25, 0.3) is 10.9 Å². The minimum absolute atomic E-state index is 0.0984. The SMILES string of the molecule is O=C(O)CC1(C(=O)N[C@@H](Cc2c[nH]c3ccccc23)C(=O)O)Cc2ccccc2C1. The molecule has 2 aromatic carbocycles. The van der Waals surface area contributed by atoms with E-state index in [2.05, 4.69) is 10.3 Å². The molecule has 154 valence electrons. The van der Waals surface area contributed by atoms with E-state index >= 15 is 0 Å². The zero-order valence-corrected chi connectivity index (χ0v) is 16.2. The highest BCUT2D eigenvalue weighted by Gasteiger charge is 2.46. The number of nitrogens with one attached hydrogen (secondary N) is 2. The van der Waals surface area contributed by atoms with E-state index in [1.54, 1.807) is 6.20 Å². The normalized spacial score (nSPS) is 15.5. The Kier molecular flexibility index (Phi) is 5.03. The molecule has 1 aromatic heterocycles. The number of carboxylic acid groups (broad SMARTS) is 2. The molecule has 0 bridgehead atoms. The monoisotopic (exact) mass is 406 g/mol. The number of hydrogen-bond acceptors (Lipinski definition) is 3. The van der Waals surface area contributed by atoms with E-state index in [0.717, 1.165) is 27.6 Å². The molecule has 0 radical (unpaired) electrons. The zero-order valence-electron chi connectivity index (χ0n) is 16.2. The third-order valence-electron chi connectivity index (χ3n) is 5.85. The number of aromatic amines is 1. The smallest absolute Gasteiger partial charge is 0.326 e. The van der Waals surface area contributed by atoms with Crippen molar-refractivity contribution in [2.75, 3.05) is 0 Å². The summed E-state index contributed by atoms with van der Waals surface area (Å²) in [6.45, 7) is 0. The van der Waals surface area contributed by atoms with Gasteiger partial charge in [-0.3, -0.25) is 9.59 Å². The highest BCUT2D eigenvalue weighted by Crippen LogP contribution is 2.40. The second-order valence-electron chi connectivity index (χ2n) is 7.90. The van der Waals surface area contributed by atoms with Crippen molar-refractivity contribution < 1.29 is 24.6 Å². The number of hydrogen-bond donors (Lipinski definition) is 4. The Labute approximate surface area is 172 Å². The lowest BCUT2D eigenvalue weighted by atomic mass is 9.80. The molecule has 1 amide bonds. The van der Waals surface area contributed by atoms with E-state index < -0.39 is 29.3 Å². The average molecular weight is 406 g/mol. The topological polar surface area (TPSA) is 119 Å². The number of carboxylic acids is 2. The van der Waals surface area contributed by atoms with Crippen LogP contribution in [0.2, 0.25) is 0 Å². The number of benzene rings is 2. The maximum absolute atomic E-state index is 13.2. The van der Waals surface area contributed by atoms with Crippen molar-refractivity contribution in [2.24, 2.45) is 5.41 Å². The first-order chi connectivity index (χ1) is 14.4. The molecular formula is C23H22N2O5. The van der Waals surface area contributed by atoms with Crippen LogP contribution in [0, 0.1) is 5.41 Å². The van der Waals surface area contributed by atoms with Gasteiger partial charge in [-0.05, 0) is 35.6 Å². The molecule has 0 spiro atoms. The van der Waals surface area contributed by atoms with Crippen LogP contribution in [0.15, 0.2) is 54.7 Å². The third-order valence-corrected chi connectivity index (χ3v) is 5.85. The van der Waals surface area contributed by atoms with Gasteiger partial charge in [-0.2, -0.15) is 0 Å². The minimum Gasteiger partial charge on any atom is -0.481 e.